The van der Waals surface area contributed by atoms with Crippen LogP contribution in [0.5, 0.6) is 0 Å². The molecule has 0 bridgehead atoms. The number of anilines is 1. The molecule has 2 rings (SSSR count). The third-order valence-electron chi connectivity index (χ3n) is 3.75. The van der Waals surface area contributed by atoms with Gasteiger partial charge >= 0.3 is 0 Å². The van der Waals surface area contributed by atoms with E-state index in [2.05, 4.69) is 80.8 Å². The Morgan fingerprint density at radius 2 is 1.68 bits per heavy atom. The fourth-order valence-corrected chi connectivity index (χ4v) is 2.70. The van der Waals surface area contributed by atoms with Crippen LogP contribution in [0.4, 0.5) is 5.69 Å². The van der Waals surface area contributed by atoms with Gasteiger partial charge in [-0.15, -0.1) is 0 Å². The van der Waals surface area contributed by atoms with E-state index in [0.717, 1.165) is 5.69 Å². The quantitative estimate of drug-likeness (QED) is 0.778. The van der Waals surface area contributed by atoms with Gasteiger partial charge in [0.15, 0.2) is 5.11 Å². The molecule has 0 fully saturated rings. The lowest BCUT2D eigenvalue weighted by molar-refractivity contribution is 0.473. The first kappa shape index (κ1) is 16.5. The maximum atomic E-state index is 5.51. The number of aryl methyl sites for hydroxylation is 2. The smallest absolute Gasteiger partial charge is 0.171 e. The van der Waals surface area contributed by atoms with Crippen molar-refractivity contribution >= 4 is 23.0 Å². The van der Waals surface area contributed by atoms with Gasteiger partial charge in [0.1, 0.15) is 0 Å². The molecule has 0 amide bonds. The molecule has 2 aromatic carbocycles. The van der Waals surface area contributed by atoms with E-state index in [1.165, 1.54) is 16.7 Å². The van der Waals surface area contributed by atoms with E-state index in [1.807, 2.05) is 6.07 Å². The molecule has 3 heteroatoms. The van der Waals surface area contributed by atoms with Gasteiger partial charge < -0.3 is 10.6 Å². The minimum atomic E-state index is 0.200. The van der Waals surface area contributed by atoms with E-state index in [4.69, 9.17) is 12.2 Å². The van der Waals surface area contributed by atoms with Gasteiger partial charge in [0.2, 0.25) is 0 Å². The summed E-state index contributed by atoms with van der Waals surface area (Å²) >= 11 is 5.51. The van der Waals surface area contributed by atoms with Crippen molar-refractivity contribution < 1.29 is 0 Å². The normalized spacial score (nSPS) is 12.0. The molecule has 0 saturated carbocycles. The third-order valence-corrected chi connectivity index (χ3v) is 3.97. The van der Waals surface area contributed by atoms with Crippen molar-refractivity contribution in [2.75, 3.05) is 5.32 Å². The van der Waals surface area contributed by atoms with E-state index in [1.54, 1.807) is 0 Å². The van der Waals surface area contributed by atoms with Gasteiger partial charge in [-0.2, -0.15) is 0 Å². The molecule has 0 unspecified atom stereocenters. The SMILES string of the molecule is Cc1ccc(C)c(NC(=S)N[C@@H](c2ccccc2)C(C)C)c1. The van der Waals surface area contributed by atoms with Crippen LogP contribution >= 0.6 is 12.2 Å². The zero-order chi connectivity index (χ0) is 16.1. The zero-order valence-corrected chi connectivity index (χ0v) is 14.5. The lowest BCUT2D eigenvalue weighted by atomic mass is 9.96. The second-order valence-corrected chi connectivity index (χ2v) is 6.46. The second-order valence-electron chi connectivity index (χ2n) is 6.05. The van der Waals surface area contributed by atoms with E-state index in [-0.39, 0.29) is 6.04 Å². The number of nitrogens with one attached hydrogen (secondary N) is 2. The van der Waals surface area contributed by atoms with Crippen molar-refractivity contribution in [1.82, 2.24) is 5.32 Å². The molecule has 0 radical (unpaired) electrons. The summed E-state index contributed by atoms with van der Waals surface area (Å²) in [7, 11) is 0. The van der Waals surface area contributed by atoms with Crippen molar-refractivity contribution in [3.63, 3.8) is 0 Å². The molecule has 0 spiro atoms. The second kappa shape index (κ2) is 7.41. The van der Waals surface area contributed by atoms with Crippen molar-refractivity contribution in [2.45, 2.75) is 33.7 Å². The summed E-state index contributed by atoms with van der Waals surface area (Å²) in [4.78, 5) is 0. The highest BCUT2D eigenvalue weighted by Crippen LogP contribution is 2.22. The molecule has 2 nitrogen and oxygen atoms in total. The molecular weight excluding hydrogens is 288 g/mol. The lowest BCUT2D eigenvalue weighted by Crippen LogP contribution is -2.35. The third kappa shape index (κ3) is 4.31. The summed E-state index contributed by atoms with van der Waals surface area (Å²) in [5.74, 6) is 0.445. The molecule has 116 valence electrons. The van der Waals surface area contributed by atoms with Crippen LogP contribution in [0.15, 0.2) is 48.5 Å². The van der Waals surface area contributed by atoms with E-state index < -0.39 is 0 Å². The number of hydrogen-bond acceptors (Lipinski definition) is 1. The molecule has 0 aliphatic rings. The largest absolute Gasteiger partial charge is 0.355 e. The molecule has 22 heavy (non-hydrogen) atoms. The fraction of sp³-hybridized carbons (Fsp3) is 0.316. The first-order valence-electron chi connectivity index (χ1n) is 7.67. The minimum Gasteiger partial charge on any atom is -0.355 e. The lowest BCUT2D eigenvalue weighted by Gasteiger charge is -2.25. The van der Waals surface area contributed by atoms with E-state index >= 15 is 0 Å². The average molecular weight is 312 g/mol. The fourth-order valence-electron chi connectivity index (χ4n) is 2.47. The predicted molar refractivity (Wildman–Crippen MR) is 99.3 cm³/mol. The highest BCUT2D eigenvalue weighted by atomic mass is 32.1. The summed E-state index contributed by atoms with van der Waals surface area (Å²) in [5, 5.41) is 7.44. The van der Waals surface area contributed by atoms with Gasteiger partial charge in [0.25, 0.3) is 0 Å². The van der Waals surface area contributed by atoms with Gasteiger partial charge in [-0.25, -0.2) is 0 Å². The summed E-state index contributed by atoms with van der Waals surface area (Å²) in [5.41, 5.74) is 4.73. The Balaban J connectivity index is 2.10. The highest BCUT2D eigenvalue weighted by Gasteiger charge is 2.16. The van der Waals surface area contributed by atoms with Crippen LogP contribution < -0.4 is 10.6 Å². The first-order chi connectivity index (χ1) is 10.5. The molecule has 0 aromatic heterocycles. The molecule has 0 aliphatic carbocycles. The van der Waals surface area contributed by atoms with Crippen molar-refractivity contribution in [1.29, 1.82) is 0 Å². The standard InChI is InChI=1S/C19H24N2S/c1-13(2)18(16-8-6-5-7-9-16)21-19(22)20-17-12-14(3)10-11-15(17)4/h5-13,18H,1-4H3,(H2,20,21,22)/t18-/m1/s1. The van der Waals surface area contributed by atoms with Crippen molar-refractivity contribution in [2.24, 2.45) is 5.92 Å². The summed E-state index contributed by atoms with van der Waals surface area (Å²) in [6, 6.07) is 17.0. The van der Waals surface area contributed by atoms with E-state index in [9.17, 15) is 0 Å². The van der Waals surface area contributed by atoms with Gasteiger partial charge in [0.05, 0.1) is 6.04 Å². The van der Waals surface area contributed by atoms with Crippen LogP contribution in [-0.4, -0.2) is 5.11 Å². The monoisotopic (exact) mass is 312 g/mol. The van der Waals surface area contributed by atoms with Crippen LogP contribution in [0.25, 0.3) is 0 Å². The molecule has 0 saturated heterocycles. The molecule has 2 aromatic rings. The number of benzene rings is 2. The maximum absolute atomic E-state index is 5.51. The summed E-state index contributed by atoms with van der Waals surface area (Å²) in [6.07, 6.45) is 0. The highest BCUT2D eigenvalue weighted by molar-refractivity contribution is 7.80. The molecule has 0 aliphatic heterocycles. The first-order valence-corrected chi connectivity index (χ1v) is 8.08. The van der Waals surface area contributed by atoms with Crippen LogP contribution in [-0.2, 0) is 0 Å². The Bertz CT molecular complexity index is 635. The van der Waals surface area contributed by atoms with Gasteiger partial charge in [-0.3, -0.25) is 0 Å². The Morgan fingerprint density at radius 3 is 2.32 bits per heavy atom. The van der Waals surface area contributed by atoms with Gasteiger partial charge in [-0.05, 0) is 54.7 Å². The number of rotatable bonds is 4. The Labute approximate surface area is 139 Å². The van der Waals surface area contributed by atoms with Crippen molar-refractivity contribution in [3.8, 4) is 0 Å². The Hall–Kier alpha value is -1.87. The minimum absolute atomic E-state index is 0.200. The number of thiocarbonyl (C=S) groups is 1. The van der Waals surface area contributed by atoms with Gasteiger partial charge in [-0.1, -0.05) is 56.3 Å². The molecule has 2 N–H and O–H groups in total. The zero-order valence-electron chi connectivity index (χ0n) is 13.7. The summed E-state index contributed by atoms with van der Waals surface area (Å²) in [6.45, 7) is 8.57. The maximum Gasteiger partial charge on any atom is 0.171 e. The molecule has 0 heterocycles. The van der Waals surface area contributed by atoms with Gasteiger partial charge in [0, 0.05) is 5.69 Å². The van der Waals surface area contributed by atoms with E-state index in [0.29, 0.717) is 11.0 Å². The molecule has 1 atom stereocenters. The van der Waals surface area contributed by atoms with Crippen LogP contribution in [0.1, 0.15) is 36.6 Å². The predicted octanol–water partition coefficient (Wildman–Crippen LogP) is 4.99. The topological polar surface area (TPSA) is 24.1 Å². The summed E-state index contributed by atoms with van der Waals surface area (Å²) < 4.78 is 0. The van der Waals surface area contributed by atoms with Crippen molar-refractivity contribution in [3.05, 3.63) is 65.2 Å². The number of hydrogen-bond donors (Lipinski definition) is 2. The van der Waals surface area contributed by atoms with Crippen LogP contribution in [0.2, 0.25) is 0 Å². The molecular formula is C19H24N2S. The Morgan fingerprint density at radius 1 is 1.00 bits per heavy atom. The van der Waals surface area contributed by atoms with Crippen LogP contribution in [0.3, 0.4) is 0 Å². The Kier molecular flexibility index (Phi) is 5.56. The van der Waals surface area contributed by atoms with Crippen LogP contribution in [0, 0.1) is 19.8 Å². The average Bonchev–Trinajstić information content (AvgIpc) is 2.49.